The molecule has 2 aromatic carbocycles. The largest absolute Gasteiger partial charge is 0.478 e. The third kappa shape index (κ3) is 2.80. The van der Waals surface area contributed by atoms with E-state index in [1.165, 1.54) is 0 Å². The highest BCUT2D eigenvalue weighted by atomic mass is 16.4. The van der Waals surface area contributed by atoms with E-state index < -0.39 is 5.97 Å². The summed E-state index contributed by atoms with van der Waals surface area (Å²) in [6.07, 6.45) is 0. The lowest BCUT2D eigenvalue weighted by Crippen LogP contribution is -1.99. The van der Waals surface area contributed by atoms with Crippen molar-refractivity contribution in [1.82, 2.24) is 0 Å². The monoisotopic (exact) mass is 251 g/mol. The molecule has 0 spiro atoms. The van der Waals surface area contributed by atoms with Crippen molar-refractivity contribution in [1.29, 1.82) is 5.26 Å². The van der Waals surface area contributed by atoms with Gasteiger partial charge in [-0.3, -0.25) is 0 Å². The highest BCUT2D eigenvalue weighted by molar-refractivity contribution is 5.87. The Morgan fingerprint density at radius 3 is 1.95 bits per heavy atom. The zero-order valence-corrected chi connectivity index (χ0v) is 10.5. The van der Waals surface area contributed by atoms with Gasteiger partial charge in [0, 0.05) is 5.92 Å². The van der Waals surface area contributed by atoms with Crippen LogP contribution in [0, 0.1) is 11.3 Å². The molecular formula is C16H13NO2. The van der Waals surface area contributed by atoms with Crippen molar-refractivity contribution < 1.29 is 9.90 Å². The Balaban J connectivity index is 2.25. The van der Waals surface area contributed by atoms with Crippen LogP contribution in [0.4, 0.5) is 0 Å². The molecular weight excluding hydrogens is 238 g/mol. The van der Waals surface area contributed by atoms with Crippen molar-refractivity contribution in [2.24, 2.45) is 0 Å². The van der Waals surface area contributed by atoms with Crippen molar-refractivity contribution in [2.75, 3.05) is 0 Å². The van der Waals surface area contributed by atoms with Gasteiger partial charge >= 0.3 is 5.97 Å². The van der Waals surface area contributed by atoms with Gasteiger partial charge in [-0.1, -0.05) is 31.2 Å². The van der Waals surface area contributed by atoms with Crippen LogP contribution in [0.5, 0.6) is 0 Å². The smallest absolute Gasteiger partial charge is 0.335 e. The fourth-order valence-electron chi connectivity index (χ4n) is 1.95. The Morgan fingerprint density at radius 1 is 1.05 bits per heavy atom. The van der Waals surface area contributed by atoms with Gasteiger partial charge in [0.25, 0.3) is 0 Å². The average Bonchev–Trinajstić information content (AvgIpc) is 2.46. The van der Waals surface area contributed by atoms with E-state index >= 15 is 0 Å². The van der Waals surface area contributed by atoms with Crippen molar-refractivity contribution in [3.63, 3.8) is 0 Å². The second kappa shape index (κ2) is 5.36. The van der Waals surface area contributed by atoms with Gasteiger partial charge in [0.2, 0.25) is 0 Å². The lowest BCUT2D eigenvalue weighted by Gasteiger charge is -2.12. The molecule has 0 bridgehead atoms. The summed E-state index contributed by atoms with van der Waals surface area (Å²) in [7, 11) is 0. The number of rotatable bonds is 3. The third-order valence-electron chi connectivity index (χ3n) is 3.20. The van der Waals surface area contributed by atoms with Gasteiger partial charge in [0.15, 0.2) is 0 Å². The van der Waals surface area contributed by atoms with Crippen molar-refractivity contribution >= 4 is 5.97 Å². The van der Waals surface area contributed by atoms with E-state index in [0.29, 0.717) is 5.56 Å². The number of carboxylic acids is 1. The Kier molecular flexibility index (Phi) is 3.63. The van der Waals surface area contributed by atoms with Crippen LogP contribution < -0.4 is 0 Å². The summed E-state index contributed by atoms with van der Waals surface area (Å²) in [5, 5.41) is 17.6. The van der Waals surface area contributed by atoms with Crippen molar-refractivity contribution in [3.8, 4) is 6.07 Å². The predicted octanol–water partition coefficient (Wildman–Crippen LogP) is 3.41. The van der Waals surface area contributed by atoms with Crippen LogP contribution in [0.25, 0.3) is 0 Å². The van der Waals surface area contributed by atoms with Crippen LogP contribution in [0.15, 0.2) is 48.5 Å². The molecule has 3 nitrogen and oxygen atoms in total. The summed E-state index contributed by atoms with van der Waals surface area (Å²) < 4.78 is 0. The molecule has 1 unspecified atom stereocenters. The van der Waals surface area contributed by atoms with E-state index in [1.54, 1.807) is 24.3 Å². The van der Waals surface area contributed by atoms with Crippen molar-refractivity contribution in [2.45, 2.75) is 12.8 Å². The van der Waals surface area contributed by atoms with E-state index in [-0.39, 0.29) is 11.5 Å². The summed E-state index contributed by atoms with van der Waals surface area (Å²) in [6, 6.07) is 16.4. The molecule has 3 heteroatoms. The summed E-state index contributed by atoms with van der Waals surface area (Å²) in [6.45, 7) is 2.05. The molecule has 19 heavy (non-hydrogen) atoms. The minimum atomic E-state index is -0.919. The molecule has 1 atom stereocenters. The van der Waals surface area contributed by atoms with Crippen LogP contribution in [0.2, 0.25) is 0 Å². The van der Waals surface area contributed by atoms with E-state index in [4.69, 9.17) is 10.4 Å². The summed E-state index contributed by atoms with van der Waals surface area (Å²) in [5.41, 5.74) is 3.07. The number of benzene rings is 2. The van der Waals surface area contributed by atoms with Gasteiger partial charge in [-0.25, -0.2) is 4.79 Å². The highest BCUT2D eigenvalue weighted by Crippen LogP contribution is 2.24. The first-order chi connectivity index (χ1) is 9.11. The van der Waals surface area contributed by atoms with Crippen LogP contribution in [-0.4, -0.2) is 11.1 Å². The van der Waals surface area contributed by atoms with Crippen LogP contribution in [0.3, 0.4) is 0 Å². The number of carbonyl (C=O) groups is 1. The lowest BCUT2D eigenvalue weighted by molar-refractivity contribution is 0.0697. The Bertz CT molecular complexity index is 621. The molecule has 0 aliphatic carbocycles. The van der Waals surface area contributed by atoms with E-state index in [9.17, 15) is 4.79 Å². The predicted molar refractivity (Wildman–Crippen MR) is 72.1 cm³/mol. The molecule has 0 radical (unpaired) electrons. The second-order valence-corrected chi connectivity index (χ2v) is 4.38. The normalized spacial score (nSPS) is 11.6. The first-order valence-electron chi connectivity index (χ1n) is 5.95. The summed E-state index contributed by atoms with van der Waals surface area (Å²) >= 11 is 0. The van der Waals surface area contributed by atoms with E-state index in [2.05, 4.69) is 13.0 Å². The molecule has 0 saturated heterocycles. The quantitative estimate of drug-likeness (QED) is 0.909. The zero-order chi connectivity index (χ0) is 13.8. The first-order valence-corrected chi connectivity index (χ1v) is 5.95. The van der Waals surface area contributed by atoms with Gasteiger partial charge < -0.3 is 5.11 Å². The number of nitrogens with zero attached hydrogens (tertiary/aromatic N) is 1. The molecule has 1 N–H and O–H groups in total. The molecule has 0 aliphatic rings. The van der Waals surface area contributed by atoms with Gasteiger partial charge in [-0.15, -0.1) is 0 Å². The SMILES string of the molecule is CC(c1ccc(C#N)cc1)c1ccc(C(=O)O)cc1. The molecule has 0 amide bonds. The molecule has 2 rings (SSSR count). The summed E-state index contributed by atoms with van der Waals surface area (Å²) in [4.78, 5) is 10.8. The molecule has 2 aromatic rings. The topological polar surface area (TPSA) is 61.1 Å². The van der Waals surface area contributed by atoms with Gasteiger partial charge in [0.05, 0.1) is 17.2 Å². The summed E-state index contributed by atoms with van der Waals surface area (Å²) in [5.74, 6) is -0.756. The maximum atomic E-state index is 10.8. The number of carboxylic acid groups (broad SMARTS) is 1. The van der Waals surface area contributed by atoms with Gasteiger partial charge in [0.1, 0.15) is 0 Å². The standard InChI is InChI=1S/C16H13NO2/c1-11(13-4-2-12(10-17)3-5-13)14-6-8-15(9-7-14)16(18)19/h2-9,11H,1H3,(H,18,19). The zero-order valence-electron chi connectivity index (χ0n) is 10.5. The van der Waals surface area contributed by atoms with Gasteiger partial charge in [-0.2, -0.15) is 5.26 Å². The van der Waals surface area contributed by atoms with Crippen LogP contribution >= 0.6 is 0 Å². The fourth-order valence-corrected chi connectivity index (χ4v) is 1.95. The molecule has 0 fully saturated rings. The Hall–Kier alpha value is -2.60. The second-order valence-electron chi connectivity index (χ2n) is 4.38. The van der Waals surface area contributed by atoms with Crippen molar-refractivity contribution in [3.05, 3.63) is 70.8 Å². The van der Waals surface area contributed by atoms with Crippen LogP contribution in [-0.2, 0) is 0 Å². The maximum absolute atomic E-state index is 10.8. The average molecular weight is 251 g/mol. The fraction of sp³-hybridized carbons (Fsp3) is 0.125. The molecule has 0 aliphatic heterocycles. The van der Waals surface area contributed by atoms with Gasteiger partial charge in [-0.05, 0) is 35.4 Å². The number of aromatic carboxylic acids is 1. The molecule has 0 saturated carbocycles. The number of hydrogen-bond acceptors (Lipinski definition) is 2. The van der Waals surface area contributed by atoms with Crippen LogP contribution in [0.1, 0.15) is 39.9 Å². The minimum Gasteiger partial charge on any atom is -0.478 e. The van der Waals surface area contributed by atoms with E-state index in [1.807, 2.05) is 24.3 Å². The number of nitriles is 1. The molecule has 0 heterocycles. The highest BCUT2D eigenvalue weighted by Gasteiger charge is 2.09. The molecule has 0 aromatic heterocycles. The maximum Gasteiger partial charge on any atom is 0.335 e. The third-order valence-corrected chi connectivity index (χ3v) is 3.20. The Morgan fingerprint density at radius 2 is 1.53 bits per heavy atom. The minimum absolute atomic E-state index is 0.163. The Labute approximate surface area is 111 Å². The first kappa shape index (κ1) is 12.8. The number of hydrogen-bond donors (Lipinski definition) is 1. The molecule has 94 valence electrons. The lowest BCUT2D eigenvalue weighted by atomic mass is 9.92. The van der Waals surface area contributed by atoms with E-state index in [0.717, 1.165) is 11.1 Å².